The zero-order valence-electron chi connectivity index (χ0n) is 14.4. The van der Waals surface area contributed by atoms with E-state index in [1.807, 2.05) is 6.92 Å². The lowest BCUT2D eigenvalue weighted by atomic mass is 10.2. The van der Waals surface area contributed by atoms with Crippen LogP contribution in [-0.2, 0) is 30.9 Å². The molecule has 0 saturated carbocycles. The maximum atomic E-state index is 12.1. The van der Waals surface area contributed by atoms with Crippen LogP contribution in [0.3, 0.4) is 0 Å². The number of hydrogen-bond donors (Lipinski definition) is 2. The average molecular weight is 380 g/mol. The number of benzene rings is 1. The molecule has 0 unspecified atom stereocenters. The van der Waals surface area contributed by atoms with E-state index < -0.39 is 34.5 Å². The Morgan fingerprint density at radius 3 is 2.50 bits per heavy atom. The third-order valence-electron chi connectivity index (χ3n) is 3.43. The summed E-state index contributed by atoms with van der Waals surface area (Å²) >= 11 is 0. The molecule has 1 amide bonds. The summed E-state index contributed by atoms with van der Waals surface area (Å²) in [6.07, 6.45) is 0.409. The van der Waals surface area contributed by atoms with E-state index in [0.717, 1.165) is 5.56 Å². The first-order chi connectivity index (χ1) is 12.3. The molecule has 0 bridgehead atoms. The van der Waals surface area contributed by atoms with E-state index >= 15 is 0 Å². The van der Waals surface area contributed by atoms with Crippen LogP contribution in [0.1, 0.15) is 18.2 Å². The van der Waals surface area contributed by atoms with Crippen LogP contribution in [0.4, 0.5) is 0 Å². The summed E-state index contributed by atoms with van der Waals surface area (Å²) in [5.41, 5.74) is 0.915. The Morgan fingerprint density at radius 1 is 1.19 bits per heavy atom. The highest BCUT2D eigenvalue weighted by molar-refractivity contribution is 7.89. The van der Waals surface area contributed by atoms with Crippen molar-refractivity contribution in [3.8, 4) is 0 Å². The van der Waals surface area contributed by atoms with Gasteiger partial charge in [0.2, 0.25) is 10.0 Å². The normalized spacial score (nSPS) is 12.4. The fourth-order valence-corrected chi connectivity index (χ4v) is 2.95. The molecular formula is C17H20N2O6S. The Hall–Kier alpha value is -2.65. The van der Waals surface area contributed by atoms with Crippen LogP contribution in [0.25, 0.3) is 0 Å². The van der Waals surface area contributed by atoms with E-state index in [9.17, 15) is 18.0 Å². The van der Waals surface area contributed by atoms with Gasteiger partial charge < -0.3 is 14.5 Å². The number of ether oxygens (including phenoxy) is 1. The third-order valence-corrected chi connectivity index (χ3v) is 4.85. The highest BCUT2D eigenvalue weighted by atomic mass is 32.2. The molecule has 2 aromatic rings. The molecule has 9 heteroatoms. The van der Waals surface area contributed by atoms with E-state index in [0.29, 0.717) is 5.76 Å². The molecule has 0 saturated heterocycles. The van der Waals surface area contributed by atoms with Gasteiger partial charge in [-0.2, -0.15) is 4.72 Å². The molecule has 0 aliphatic carbocycles. The second-order valence-corrected chi connectivity index (χ2v) is 7.33. The van der Waals surface area contributed by atoms with Crippen molar-refractivity contribution in [3.05, 3.63) is 54.0 Å². The third kappa shape index (κ3) is 5.71. The molecule has 0 aliphatic rings. The van der Waals surface area contributed by atoms with Crippen molar-refractivity contribution in [1.82, 2.24) is 10.0 Å². The molecule has 0 radical (unpaired) electrons. The molecule has 8 nitrogen and oxygen atoms in total. The molecule has 2 N–H and O–H groups in total. The van der Waals surface area contributed by atoms with Gasteiger partial charge in [0, 0.05) is 0 Å². The minimum Gasteiger partial charge on any atom is -0.467 e. The molecule has 1 aromatic heterocycles. The van der Waals surface area contributed by atoms with Crippen LogP contribution in [-0.4, -0.2) is 32.9 Å². The Morgan fingerprint density at radius 2 is 1.88 bits per heavy atom. The second-order valence-electron chi connectivity index (χ2n) is 5.57. The average Bonchev–Trinajstić information content (AvgIpc) is 3.12. The van der Waals surface area contributed by atoms with Gasteiger partial charge in [-0.05, 0) is 38.1 Å². The Kier molecular flexibility index (Phi) is 6.53. The van der Waals surface area contributed by atoms with Crippen molar-refractivity contribution < 1.29 is 27.2 Å². The lowest BCUT2D eigenvalue weighted by Crippen LogP contribution is -2.38. The molecule has 0 aliphatic heterocycles. The van der Waals surface area contributed by atoms with E-state index in [1.165, 1.54) is 25.3 Å². The van der Waals surface area contributed by atoms with Crippen LogP contribution in [0, 0.1) is 6.92 Å². The lowest BCUT2D eigenvalue weighted by molar-refractivity contribution is -0.153. The Labute approximate surface area is 151 Å². The first kappa shape index (κ1) is 19.7. The van der Waals surface area contributed by atoms with E-state index in [4.69, 9.17) is 9.15 Å². The minimum absolute atomic E-state index is 0.0418. The summed E-state index contributed by atoms with van der Waals surface area (Å²) in [7, 11) is -3.83. The largest absolute Gasteiger partial charge is 0.467 e. The van der Waals surface area contributed by atoms with Gasteiger partial charge in [0.25, 0.3) is 5.91 Å². The van der Waals surface area contributed by atoms with Gasteiger partial charge in [-0.25, -0.2) is 8.42 Å². The SMILES string of the molecule is Cc1ccc(S(=O)(=O)NCC(=O)O[C@@H](C)C(=O)NCc2ccco2)cc1. The van der Waals surface area contributed by atoms with Crippen molar-refractivity contribution in [3.63, 3.8) is 0 Å². The van der Waals surface area contributed by atoms with Crippen molar-refractivity contribution in [1.29, 1.82) is 0 Å². The van der Waals surface area contributed by atoms with Crippen molar-refractivity contribution >= 4 is 21.9 Å². The summed E-state index contributed by atoms with van der Waals surface area (Å²) in [6, 6.07) is 9.56. The summed E-state index contributed by atoms with van der Waals surface area (Å²) in [6.45, 7) is 2.81. The number of furan rings is 1. The Bertz CT molecular complexity index is 844. The molecule has 0 spiro atoms. The number of aryl methyl sites for hydroxylation is 1. The summed E-state index contributed by atoms with van der Waals surface area (Å²) in [5.74, 6) is -0.819. The summed E-state index contributed by atoms with van der Waals surface area (Å²) < 4.78 is 36.3. The predicted molar refractivity (Wildman–Crippen MR) is 92.5 cm³/mol. The molecule has 1 atom stereocenters. The summed E-state index contributed by atoms with van der Waals surface area (Å²) in [5, 5.41) is 2.55. The summed E-state index contributed by atoms with van der Waals surface area (Å²) in [4.78, 5) is 23.7. The van der Waals surface area contributed by atoms with Crippen molar-refractivity contribution in [2.75, 3.05) is 6.54 Å². The van der Waals surface area contributed by atoms with Gasteiger partial charge in [-0.1, -0.05) is 17.7 Å². The minimum atomic E-state index is -3.83. The van der Waals surface area contributed by atoms with Gasteiger partial charge >= 0.3 is 5.97 Å². The monoisotopic (exact) mass is 380 g/mol. The molecule has 1 heterocycles. The zero-order valence-corrected chi connectivity index (χ0v) is 15.2. The number of amides is 1. The first-order valence-corrected chi connectivity index (χ1v) is 9.32. The van der Waals surface area contributed by atoms with Crippen LogP contribution in [0.2, 0.25) is 0 Å². The Balaban J connectivity index is 1.80. The van der Waals surface area contributed by atoms with Crippen molar-refractivity contribution in [2.45, 2.75) is 31.4 Å². The van der Waals surface area contributed by atoms with Gasteiger partial charge in [0.15, 0.2) is 6.10 Å². The van der Waals surface area contributed by atoms with Gasteiger partial charge in [-0.3, -0.25) is 9.59 Å². The maximum Gasteiger partial charge on any atom is 0.321 e. The first-order valence-electron chi connectivity index (χ1n) is 7.84. The van der Waals surface area contributed by atoms with Crippen molar-refractivity contribution in [2.24, 2.45) is 0 Å². The van der Waals surface area contributed by atoms with Gasteiger partial charge in [-0.15, -0.1) is 0 Å². The predicted octanol–water partition coefficient (Wildman–Crippen LogP) is 1.11. The number of sulfonamides is 1. The highest BCUT2D eigenvalue weighted by Crippen LogP contribution is 2.09. The number of carbonyl (C=O) groups is 2. The zero-order chi connectivity index (χ0) is 19.2. The lowest BCUT2D eigenvalue weighted by Gasteiger charge is -2.13. The molecule has 0 fully saturated rings. The number of rotatable bonds is 8. The van der Waals surface area contributed by atoms with Crippen LogP contribution in [0.15, 0.2) is 52.0 Å². The molecule has 1 aromatic carbocycles. The smallest absolute Gasteiger partial charge is 0.321 e. The second kappa shape index (κ2) is 8.63. The molecule has 26 heavy (non-hydrogen) atoms. The maximum absolute atomic E-state index is 12.1. The fourth-order valence-electron chi connectivity index (χ4n) is 1.98. The van der Waals surface area contributed by atoms with E-state index in [1.54, 1.807) is 24.3 Å². The number of nitrogens with one attached hydrogen (secondary N) is 2. The number of carbonyl (C=O) groups excluding carboxylic acids is 2. The van der Waals surface area contributed by atoms with Gasteiger partial charge in [0.05, 0.1) is 17.7 Å². The quantitative estimate of drug-likeness (QED) is 0.663. The van der Waals surface area contributed by atoms with E-state index in [-0.39, 0.29) is 11.4 Å². The molecule has 140 valence electrons. The number of hydrogen-bond acceptors (Lipinski definition) is 6. The standard InChI is InChI=1S/C17H20N2O6S/c1-12-5-7-15(8-6-12)26(22,23)19-11-16(20)25-13(2)17(21)18-10-14-4-3-9-24-14/h3-9,13,19H,10-11H2,1-2H3,(H,18,21)/t13-/m0/s1. The van der Waals surface area contributed by atoms with Crippen LogP contribution in [0.5, 0.6) is 0 Å². The topological polar surface area (TPSA) is 115 Å². The van der Waals surface area contributed by atoms with Crippen LogP contribution < -0.4 is 10.0 Å². The van der Waals surface area contributed by atoms with E-state index in [2.05, 4.69) is 10.0 Å². The fraction of sp³-hybridized carbons (Fsp3) is 0.294. The molecule has 2 rings (SSSR count). The molecular weight excluding hydrogens is 360 g/mol. The number of esters is 1. The highest BCUT2D eigenvalue weighted by Gasteiger charge is 2.20. The van der Waals surface area contributed by atoms with Gasteiger partial charge in [0.1, 0.15) is 12.3 Å². The van der Waals surface area contributed by atoms with Crippen LogP contribution >= 0.6 is 0 Å².